The number of nitrogens with zero attached hydrogens (tertiary/aromatic N) is 3. The number of nitrogens with one attached hydrogen (secondary N) is 3. The second kappa shape index (κ2) is 13.7. The van der Waals surface area contributed by atoms with E-state index in [1.165, 1.54) is 6.92 Å². The van der Waals surface area contributed by atoms with Crippen molar-refractivity contribution in [1.29, 1.82) is 0 Å². The number of azide groups is 1. The van der Waals surface area contributed by atoms with Crippen LogP contribution < -0.4 is 16.0 Å². The molecule has 176 valence electrons. The van der Waals surface area contributed by atoms with Gasteiger partial charge in [-0.05, 0) is 52.0 Å². The zero-order valence-corrected chi connectivity index (χ0v) is 19.1. The molecule has 5 N–H and O–H groups in total. The Morgan fingerprint density at radius 2 is 1.68 bits per heavy atom. The topological polar surface area (TPSA) is 186 Å². The van der Waals surface area contributed by atoms with Gasteiger partial charge >= 0.3 is 13.2 Å². The van der Waals surface area contributed by atoms with Gasteiger partial charge in [-0.2, -0.15) is 0 Å². The van der Waals surface area contributed by atoms with Gasteiger partial charge in [-0.15, -0.1) is 0 Å². The molecule has 0 aliphatic rings. The minimum Gasteiger partial charge on any atom is -0.444 e. The molecule has 0 aromatic carbocycles. The summed E-state index contributed by atoms with van der Waals surface area (Å²) in [5, 5.41) is 30.0. The Kier molecular flexibility index (Phi) is 12.6. The molecule has 0 fully saturated rings. The van der Waals surface area contributed by atoms with E-state index in [1.54, 1.807) is 34.6 Å². The van der Waals surface area contributed by atoms with E-state index in [-0.39, 0.29) is 18.9 Å². The Labute approximate surface area is 183 Å². The molecule has 0 radical (unpaired) electrons. The summed E-state index contributed by atoms with van der Waals surface area (Å²) in [7, 11) is -1.79. The molecule has 3 amide bonds. The SMILES string of the molecule is CC(C)[C@H](NC(=O)[C@H](C)NC(=O)OC(C)(C)C)C(=O)N[C@@H](CCCCN=[N+]=[N-])B(O)O. The standard InChI is InChI=1S/C18H35BN6O6/c1-11(2)14(24-15(26)12(3)22-17(28)31-18(4,5)6)16(27)23-13(19(29)30)9-7-8-10-21-25-20/h11-14,29-30H,7-10H2,1-6H3,(H,22,28)(H,23,27)(H,24,26)/t12-,13-,14-/m0/s1. The summed E-state index contributed by atoms with van der Waals surface area (Å²) in [6.45, 7) is 10.3. The first-order valence-electron chi connectivity index (χ1n) is 10.3. The van der Waals surface area contributed by atoms with E-state index in [4.69, 9.17) is 10.3 Å². The molecule has 0 aliphatic heterocycles. The first-order chi connectivity index (χ1) is 14.3. The fourth-order valence-electron chi connectivity index (χ4n) is 2.52. The van der Waals surface area contributed by atoms with E-state index in [1.807, 2.05) is 0 Å². The van der Waals surface area contributed by atoms with Gasteiger partial charge in [-0.1, -0.05) is 25.4 Å². The second-order valence-electron chi connectivity index (χ2n) is 8.58. The Bertz CT molecular complexity index is 648. The van der Waals surface area contributed by atoms with Gasteiger partial charge in [0.25, 0.3) is 0 Å². The minimum absolute atomic E-state index is 0.250. The number of carbonyl (C=O) groups excluding carboxylic acids is 3. The van der Waals surface area contributed by atoms with Gasteiger partial charge in [0.1, 0.15) is 17.7 Å². The van der Waals surface area contributed by atoms with Crippen molar-refractivity contribution in [1.82, 2.24) is 16.0 Å². The van der Waals surface area contributed by atoms with Crippen molar-refractivity contribution in [2.24, 2.45) is 11.0 Å². The summed E-state index contributed by atoms with van der Waals surface area (Å²) in [6, 6.07) is -1.91. The molecule has 0 saturated heterocycles. The molecule has 0 rings (SSSR count). The third-order valence-corrected chi connectivity index (χ3v) is 4.15. The van der Waals surface area contributed by atoms with Crippen molar-refractivity contribution in [2.45, 2.75) is 84.4 Å². The van der Waals surface area contributed by atoms with E-state index >= 15 is 0 Å². The van der Waals surface area contributed by atoms with Gasteiger partial charge in [0, 0.05) is 11.5 Å². The Morgan fingerprint density at radius 3 is 2.16 bits per heavy atom. The van der Waals surface area contributed by atoms with Crippen molar-refractivity contribution in [3.63, 3.8) is 0 Å². The van der Waals surface area contributed by atoms with Gasteiger partial charge in [-0.25, -0.2) is 4.79 Å². The van der Waals surface area contributed by atoms with E-state index < -0.39 is 48.7 Å². The summed E-state index contributed by atoms with van der Waals surface area (Å²) in [4.78, 5) is 39.6. The Hall–Kier alpha value is -2.50. The first-order valence-corrected chi connectivity index (χ1v) is 10.3. The van der Waals surface area contributed by atoms with E-state index in [2.05, 4.69) is 26.0 Å². The highest BCUT2D eigenvalue weighted by atomic mass is 16.6. The maximum absolute atomic E-state index is 12.7. The molecular formula is C18H35BN6O6. The molecule has 0 spiro atoms. The second-order valence-corrected chi connectivity index (χ2v) is 8.58. The molecule has 0 aliphatic carbocycles. The molecule has 0 aromatic heterocycles. The van der Waals surface area contributed by atoms with Crippen LogP contribution in [-0.2, 0) is 14.3 Å². The maximum Gasteiger partial charge on any atom is 0.475 e. The highest BCUT2D eigenvalue weighted by molar-refractivity contribution is 6.43. The molecule has 3 atom stereocenters. The van der Waals surface area contributed by atoms with Crippen LogP contribution in [-0.4, -0.2) is 65.2 Å². The highest BCUT2D eigenvalue weighted by Gasteiger charge is 2.32. The number of hydrogen-bond acceptors (Lipinski definition) is 7. The van der Waals surface area contributed by atoms with Crippen molar-refractivity contribution in [3.05, 3.63) is 10.4 Å². The van der Waals surface area contributed by atoms with E-state index in [0.717, 1.165) is 0 Å². The zero-order valence-electron chi connectivity index (χ0n) is 19.1. The zero-order chi connectivity index (χ0) is 24.2. The van der Waals surface area contributed by atoms with E-state index in [0.29, 0.717) is 12.8 Å². The van der Waals surface area contributed by atoms with Crippen LogP contribution in [0.5, 0.6) is 0 Å². The number of rotatable bonds is 12. The fraction of sp³-hybridized carbons (Fsp3) is 0.833. The molecule has 0 unspecified atom stereocenters. The molecule has 13 heteroatoms. The summed E-state index contributed by atoms with van der Waals surface area (Å²) in [5.74, 6) is -2.43. The number of amides is 3. The third-order valence-electron chi connectivity index (χ3n) is 4.15. The van der Waals surface area contributed by atoms with Gasteiger partial charge in [-0.3, -0.25) is 9.59 Å². The predicted molar refractivity (Wildman–Crippen MR) is 116 cm³/mol. The maximum atomic E-state index is 12.7. The Balaban J connectivity index is 4.91. The minimum atomic E-state index is -1.79. The van der Waals surface area contributed by atoms with Gasteiger partial charge in [0.05, 0.1) is 5.94 Å². The van der Waals surface area contributed by atoms with Crippen molar-refractivity contribution < 1.29 is 29.2 Å². The largest absolute Gasteiger partial charge is 0.475 e. The lowest BCUT2D eigenvalue weighted by Gasteiger charge is -2.27. The van der Waals surface area contributed by atoms with Crippen LogP contribution in [0.3, 0.4) is 0 Å². The number of ether oxygens (including phenoxy) is 1. The molecule has 31 heavy (non-hydrogen) atoms. The average molecular weight is 442 g/mol. The quantitative estimate of drug-likeness (QED) is 0.0987. The summed E-state index contributed by atoms with van der Waals surface area (Å²) in [6.07, 6.45) is 0.517. The highest BCUT2D eigenvalue weighted by Crippen LogP contribution is 2.09. The fourth-order valence-corrected chi connectivity index (χ4v) is 2.52. The normalized spacial score (nSPS) is 14.0. The molecule has 0 heterocycles. The van der Waals surface area contributed by atoms with Crippen molar-refractivity contribution >= 4 is 25.0 Å². The lowest BCUT2D eigenvalue weighted by Crippen LogP contribution is -2.58. The van der Waals surface area contributed by atoms with Gasteiger partial charge < -0.3 is 30.7 Å². The van der Waals surface area contributed by atoms with Crippen molar-refractivity contribution in [2.75, 3.05) is 6.54 Å². The molecule has 0 saturated carbocycles. The summed E-state index contributed by atoms with van der Waals surface area (Å²) in [5.41, 5.74) is 7.54. The number of hydrogen-bond donors (Lipinski definition) is 5. The predicted octanol–water partition coefficient (Wildman–Crippen LogP) is 1.02. The van der Waals surface area contributed by atoms with Crippen LogP contribution >= 0.6 is 0 Å². The average Bonchev–Trinajstić information content (AvgIpc) is 2.62. The van der Waals surface area contributed by atoms with Crippen LogP contribution in [0.25, 0.3) is 10.4 Å². The molecule has 0 bridgehead atoms. The summed E-state index contributed by atoms with van der Waals surface area (Å²) < 4.78 is 5.11. The van der Waals surface area contributed by atoms with Gasteiger partial charge in [0.2, 0.25) is 11.8 Å². The Morgan fingerprint density at radius 1 is 1.06 bits per heavy atom. The van der Waals surface area contributed by atoms with E-state index in [9.17, 15) is 24.4 Å². The lowest BCUT2D eigenvalue weighted by atomic mass is 9.76. The van der Waals surface area contributed by atoms with Crippen molar-refractivity contribution in [3.8, 4) is 0 Å². The third kappa shape index (κ3) is 12.7. The van der Waals surface area contributed by atoms with Crippen LogP contribution in [0.15, 0.2) is 5.11 Å². The number of alkyl carbamates (subject to hydrolysis) is 1. The van der Waals surface area contributed by atoms with Crippen LogP contribution in [0.2, 0.25) is 0 Å². The lowest BCUT2D eigenvalue weighted by molar-refractivity contribution is -0.131. The van der Waals surface area contributed by atoms with Crippen LogP contribution in [0.1, 0.15) is 60.8 Å². The molecule has 0 aromatic rings. The number of unbranched alkanes of at least 4 members (excludes halogenated alkanes) is 1. The van der Waals surface area contributed by atoms with Crippen LogP contribution in [0, 0.1) is 5.92 Å². The molecule has 12 nitrogen and oxygen atoms in total. The monoisotopic (exact) mass is 442 g/mol. The first kappa shape index (κ1) is 28.5. The smallest absolute Gasteiger partial charge is 0.444 e. The number of carbonyl (C=O) groups is 3. The summed E-state index contributed by atoms with van der Waals surface area (Å²) >= 11 is 0. The van der Waals surface area contributed by atoms with Crippen LogP contribution in [0.4, 0.5) is 4.79 Å². The molecular weight excluding hydrogens is 407 g/mol. The van der Waals surface area contributed by atoms with Gasteiger partial charge in [0.15, 0.2) is 0 Å².